The number of benzene rings is 2. The number of phenolic OH excluding ortho intramolecular Hbond substituents is 1. The van der Waals surface area contributed by atoms with E-state index in [0.29, 0.717) is 18.8 Å². The smallest absolute Gasteiger partial charge is 0.243 e. The maximum Gasteiger partial charge on any atom is 0.243 e. The number of ether oxygens (including phenoxy) is 1. The zero-order valence-electron chi connectivity index (χ0n) is 17.6. The Bertz CT molecular complexity index is 1190. The van der Waals surface area contributed by atoms with Crippen LogP contribution in [-0.4, -0.2) is 58.4 Å². The normalized spacial score (nSPS) is 15.9. The molecule has 1 aliphatic heterocycles. The molecule has 1 amide bonds. The number of carbonyl (C=O) groups excluding carboxylic acids is 1. The minimum atomic E-state index is -4.01. The van der Waals surface area contributed by atoms with Crippen molar-refractivity contribution in [3.63, 3.8) is 0 Å². The maximum absolute atomic E-state index is 12.7. The standard InChI is InChI=1S/C20H25N3O7S2/c1-14(22-31(26,27)16-7-5-15(30-2)6-8-16)20(25)21-18-13-17(9-10-19(18)24)32(28,29)23-11-3-4-12-23/h5-10,13-14,22,24H,3-4,11-12H2,1-2H3,(H,21,25)/t14-/m0/s1. The SMILES string of the molecule is COc1ccc(S(=O)(=O)N[C@@H](C)C(=O)Nc2cc(S(=O)(=O)N3CCCC3)ccc2O)cc1. The summed E-state index contributed by atoms with van der Waals surface area (Å²) in [4.78, 5) is 12.4. The Morgan fingerprint density at radius 3 is 2.22 bits per heavy atom. The van der Waals surface area contributed by atoms with E-state index in [1.165, 1.54) is 54.7 Å². The third-order valence-corrected chi connectivity index (χ3v) is 8.47. The first-order chi connectivity index (χ1) is 15.0. The van der Waals surface area contributed by atoms with Gasteiger partial charge in [-0.1, -0.05) is 0 Å². The van der Waals surface area contributed by atoms with Crippen molar-refractivity contribution in [2.24, 2.45) is 0 Å². The van der Waals surface area contributed by atoms with Gasteiger partial charge >= 0.3 is 0 Å². The maximum atomic E-state index is 12.7. The molecule has 0 saturated carbocycles. The second-order valence-electron chi connectivity index (χ2n) is 7.30. The number of methoxy groups -OCH3 is 1. The summed E-state index contributed by atoms with van der Waals surface area (Å²) in [6.45, 7) is 2.16. The average Bonchev–Trinajstić information content (AvgIpc) is 3.30. The summed E-state index contributed by atoms with van der Waals surface area (Å²) in [5.41, 5.74) is -0.134. The molecule has 0 unspecified atom stereocenters. The molecule has 1 heterocycles. The molecule has 0 spiro atoms. The number of phenols is 1. The van der Waals surface area contributed by atoms with E-state index in [1.54, 1.807) is 0 Å². The zero-order valence-corrected chi connectivity index (χ0v) is 19.2. The van der Waals surface area contributed by atoms with E-state index in [9.17, 15) is 26.7 Å². The van der Waals surface area contributed by atoms with Gasteiger partial charge in [0.1, 0.15) is 11.5 Å². The van der Waals surface area contributed by atoms with Crippen molar-refractivity contribution in [3.8, 4) is 11.5 Å². The van der Waals surface area contributed by atoms with E-state index < -0.39 is 32.0 Å². The summed E-state index contributed by atoms with van der Waals surface area (Å²) in [5.74, 6) is -0.633. The van der Waals surface area contributed by atoms with Gasteiger partial charge in [-0.3, -0.25) is 4.79 Å². The summed E-state index contributed by atoms with van der Waals surface area (Å²) in [6.07, 6.45) is 1.54. The second kappa shape index (κ2) is 9.45. The first kappa shape index (κ1) is 24.0. The van der Waals surface area contributed by atoms with E-state index in [1.807, 2.05) is 0 Å². The lowest BCUT2D eigenvalue weighted by molar-refractivity contribution is -0.117. The van der Waals surface area contributed by atoms with E-state index >= 15 is 0 Å². The fraction of sp³-hybridized carbons (Fsp3) is 0.350. The molecule has 12 heteroatoms. The summed E-state index contributed by atoms with van der Waals surface area (Å²) in [5, 5.41) is 12.5. The first-order valence-corrected chi connectivity index (χ1v) is 12.8. The van der Waals surface area contributed by atoms with Gasteiger partial charge in [0.2, 0.25) is 26.0 Å². The van der Waals surface area contributed by atoms with Crippen LogP contribution in [0.1, 0.15) is 19.8 Å². The zero-order chi connectivity index (χ0) is 23.5. The molecule has 3 rings (SSSR count). The van der Waals surface area contributed by atoms with E-state index in [2.05, 4.69) is 10.0 Å². The highest BCUT2D eigenvalue weighted by Crippen LogP contribution is 2.29. The van der Waals surface area contributed by atoms with Crippen molar-refractivity contribution >= 4 is 31.6 Å². The van der Waals surface area contributed by atoms with Crippen LogP contribution in [0.25, 0.3) is 0 Å². The minimum absolute atomic E-state index is 0.0560. The first-order valence-electron chi connectivity index (χ1n) is 9.85. The lowest BCUT2D eigenvalue weighted by atomic mass is 10.2. The molecule has 1 atom stereocenters. The monoisotopic (exact) mass is 483 g/mol. The number of sulfonamides is 2. The van der Waals surface area contributed by atoms with Gasteiger partial charge in [0.25, 0.3) is 0 Å². The van der Waals surface area contributed by atoms with Crippen molar-refractivity contribution in [2.45, 2.75) is 35.6 Å². The molecule has 10 nitrogen and oxygen atoms in total. The number of nitrogens with zero attached hydrogens (tertiary/aromatic N) is 1. The highest BCUT2D eigenvalue weighted by atomic mass is 32.2. The van der Waals surface area contributed by atoms with Gasteiger partial charge in [0.05, 0.1) is 28.6 Å². The van der Waals surface area contributed by atoms with E-state index in [-0.39, 0.29) is 21.2 Å². The van der Waals surface area contributed by atoms with Crippen molar-refractivity contribution in [1.82, 2.24) is 9.03 Å². The van der Waals surface area contributed by atoms with Crippen molar-refractivity contribution in [1.29, 1.82) is 0 Å². The third kappa shape index (κ3) is 5.21. The Hall–Kier alpha value is -2.67. The largest absolute Gasteiger partial charge is 0.506 e. The number of anilines is 1. The summed E-state index contributed by atoms with van der Waals surface area (Å²) >= 11 is 0. The molecule has 2 aromatic rings. The molecule has 0 aromatic heterocycles. The molecule has 3 N–H and O–H groups in total. The second-order valence-corrected chi connectivity index (χ2v) is 10.9. The summed E-state index contributed by atoms with van der Waals surface area (Å²) in [6, 6.07) is 8.01. The summed E-state index contributed by atoms with van der Waals surface area (Å²) in [7, 11) is -6.31. The lowest BCUT2D eigenvalue weighted by Gasteiger charge is -2.18. The molecule has 1 aliphatic rings. The van der Waals surface area contributed by atoms with Gasteiger partial charge in [0, 0.05) is 13.1 Å². The fourth-order valence-corrected chi connectivity index (χ4v) is 5.95. The van der Waals surface area contributed by atoms with Crippen molar-refractivity contribution < 1.29 is 31.5 Å². The van der Waals surface area contributed by atoms with Crippen molar-refractivity contribution in [3.05, 3.63) is 42.5 Å². The Morgan fingerprint density at radius 1 is 1.03 bits per heavy atom. The predicted octanol–water partition coefficient (Wildman–Crippen LogP) is 1.49. The van der Waals surface area contributed by atoms with E-state index in [4.69, 9.17) is 4.74 Å². The van der Waals surface area contributed by atoms with Gasteiger partial charge in [-0.25, -0.2) is 16.8 Å². The Morgan fingerprint density at radius 2 is 1.62 bits per heavy atom. The number of hydrogen-bond acceptors (Lipinski definition) is 7. The van der Waals surface area contributed by atoms with Crippen molar-refractivity contribution in [2.75, 3.05) is 25.5 Å². The number of amides is 1. The van der Waals surface area contributed by atoms with Crippen LogP contribution in [0.5, 0.6) is 11.5 Å². The van der Waals surface area contributed by atoms with Gasteiger partial charge in [-0.2, -0.15) is 9.03 Å². The Kier molecular flexibility index (Phi) is 7.08. The van der Waals surface area contributed by atoms with Crippen LogP contribution in [0.4, 0.5) is 5.69 Å². The topological polar surface area (TPSA) is 142 Å². The molecule has 1 fully saturated rings. The van der Waals surface area contributed by atoms with Gasteiger partial charge in [0.15, 0.2) is 0 Å². The van der Waals surface area contributed by atoms with Gasteiger partial charge < -0.3 is 15.2 Å². The van der Waals surface area contributed by atoms with Gasteiger partial charge in [-0.05, 0) is 62.2 Å². The molecule has 32 heavy (non-hydrogen) atoms. The molecule has 174 valence electrons. The number of aromatic hydroxyl groups is 1. The van der Waals surface area contributed by atoms with Crippen LogP contribution in [0, 0.1) is 0 Å². The number of hydrogen-bond donors (Lipinski definition) is 3. The molecular weight excluding hydrogens is 458 g/mol. The quantitative estimate of drug-likeness (QED) is 0.483. The number of nitrogens with one attached hydrogen (secondary N) is 2. The lowest BCUT2D eigenvalue weighted by Crippen LogP contribution is -2.41. The molecular formula is C20H25N3O7S2. The molecule has 1 saturated heterocycles. The molecule has 0 bridgehead atoms. The van der Waals surface area contributed by atoms with Crippen LogP contribution < -0.4 is 14.8 Å². The van der Waals surface area contributed by atoms with Crippen LogP contribution in [0.2, 0.25) is 0 Å². The van der Waals surface area contributed by atoms with Crippen LogP contribution >= 0.6 is 0 Å². The average molecular weight is 484 g/mol. The Labute approximate surface area is 187 Å². The minimum Gasteiger partial charge on any atom is -0.506 e. The molecule has 2 aromatic carbocycles. The molecule has 0 aliphatic carbocycles. The van der Waals surface area contributed by atoms with Crippen LogP contribution in [-0.2, 0) is 24.8 Å². The number of carbonyl (C=O) groups is 1. The van der Waals surface area contributed by atoms with Crippen LogP contribution in [0.15, 0.2) is 52.3 Å². The number of rotatable bonds is 8. The van der Waals surface area contributed by atoms with E-state index in [0.717, 1.165) is 18.9 Å². The fourth-order valence-electron chi connectivity index (χ4n) is 3.20. The summed E-state index contributed by atoms with van der Waals surface area (Å²) < 4.78 is 59.1. The van der Waals surface area contributed by atoms with Gasteiger partial charge in [-0.15, -0.1) is 0 Å². The highest BCUT2D eigenvalue weighted by Gasteiger charge is 2.28. The predicted molar refractivity (Wildman–Crippen MR) is 118 cm³/mol. The molecule has 0 radical (unpaired) electrons. The van der Waals surface area contributed by atoms with Crippen LogP contribution in [0.3, 0.4) is 0 Å². The Balaban J connectivity index is 1.74. The highest BCUT2D eigenvalue weighted by molar-refractivity contribution is 7.89. The third-order valence-electron chi connectivity index (χ3n) is 5.02.